The van der Waals surface area contributed by atoms with Crippen LogP contribution in [0.1, 0.15) is 58.8 Å². The first kappa shape index (κ1) is 25.1. The summed E-state index contributed by atoms with van der Waals surface area (Å²) in [6.45, 7) is 4.50. The van der Waals surface area contributed by atoms with Gasteiger partial charge >= 0.3 is 0 Å². The van der Waals surface area contributed by atoms with E-state index in [1.807, 2.05) is 18.2 Å². The first-order valence-corrected chi connectivity index (χ1v) is 14.8. The molecule has 0 bridgehead atoms. The van der Waals surface area contributed by atoms with Gasteiger partial charge in [-0.25, -0.2) is 4.98 Å². The Labute approximate surface area is 236 Å². The highest BCUT2D eigenvalue weighted by Gasteiger charge is 2.43. The molecular weight excluding hydrogens is 534 g/mol. The van der Waals surface area contributed by atoms with Crippen molar-refractivity contribution < 1.29 is 18.8 Å². The summed E-state index contributed by atoms with van der Waals surface area (Å²) >= 11 is 8.23. The molecule has 3 aliphatic rings. The standard InChI is InChI=1S/C30H30ClN3O4S/c1-16-4-3-5-23(31)26(16)27-22(29(38-33-27)18-6-7-18)15-37-21-10-19-12-34(13-20(19)11-21)30-32-28-24(36-2)8-17(14-35)9-25(28)39-30/h3-5,8-9,14,18-21H,6-7,10-13,15H2,1-2H3. The van der Waals surface area contributed by atoms with Crippen LogP contribution in [0, 0.1) is 18.8 Å². The van der Waals surface area contributed by atoms with E-state index in [2.05, 4.69) is 23.0 Å². The number of aldehydes is 1. The first-order valence-electron chi connectivity index (χ1n) is 13.6. The van der Waals surface area contributed by atoms with Gasteiger partial charge in [0.15, 0.2) is 5.13 Å². The van der Waals surface area contributed by atoms with Crippen LogP contribution in [0.2, 0.25) is 5.02 Å². The van der Waals surface area contributed by atoms with Gasteiger partial charge in [-0.1, -0.05) is 40.2 Å². The van der Waals surface area contributed by atoms with E-state index < -0.39 is 0 Å². The average molecular weight is 564 g/mol. The topological polar surface area (TPSA) is 77.7 Å². The van der Waals surface area contributed by atoms with Crippen LogP contribution in [0.5, 0.6) is 5.75 Å². The number of carbonyl (C=O) groups excluding carboxylic acids is 1. The number of methoxy groups -OCH3 is 1. The van der Waals surface area contributed by atoms with E-state index in [1.165, 1.54) is 0 Å². The van der Waals surface area contributed by atoms with E-state index in [-0.39, 0.29) is 6.10 Å². The molecule has 0 amide bonds. The molecule has 7 rings (SSSR count). The normalized spacial score (nSPS) is 22.5. The highest BCUT2D eigenvalue weighted by molar-refractivity contribution is 7.22. The van der Waals surface area contributed by atoms with Crippen LogP contribution in [0.4, 0.5) is 5.13 Å². The third kappa shape index (κ3) is 4.52. The van der Waals surface area contributed by atoms with Crippen molar-refractivity contribution in [2.45, 2.75) is 51.2 Å². The van der Waals surface area contributed by atoms with Gasteiger partial charge in [-0.15, -0.1) is 0 Å². The van der Waals surface area contributed by atoms with Crippen LogP contribution >= 0.6 is 22.9 Å². The number of carbonyl (C=O) groups is 1. The zero-order valence-electron chi connectivity index (χ0n) is 22.0. The zero-order chi connectivity index (χ0) is 26.7. The molecule has 3 fully saturated rings. The van der Waals surface area contributed by atoms with Crippen LogP contribution in [0.25, 0.3) is 21.5 Å². The monoisotopic (exact) mass is 563 g/mol. The molecule has 0 N–H and O–H groups in total. The van der Waals surface area contributed by atoms with Crippen LogP contribution < -0.4 is 9.64 Å². The predicted octanol–water partition coefficient (Wildman–Crippen LogP) is 7.04. The lowest BCUT2D eigenvalue weighted by molar-refractivity contribution is 0.0403. The first-order chi connectivity index (χ1) is 19.0. The molecule has 2 aromatic carbocycles. The largest absolute Gasteiger partial charge is 0.494 e. The summed E-state index contributed by atoms with van der Waals surface area (Å²) in [5, 5.41) is 6.16. The Balaban J connectivity index is 1.05. The summed E-state index contributed by atoms with van der Waals surface area (Å²) in [6.07, 6.45) is 5.42. The number of aryl methyl sites for hydroxylation is 1. The van der Waals surface area contributed by atoms with Gasteiger partial charge in [0.1, 0.15) is 29.0 Å². The Morgan fingerprint density at radius 2 is 2.00 bits per heavy atom. The van der Waals surface area contributed by atoms with Crippen LogP contribution in [-0.4, -0.2) is 42.7 Å². The Kier molecular flexibility index (Phi) is 6.37. The van der Waals surface area contributed by atoms with Crippen molar-refractivity contribution in [1.82, 2.24) is 10.1 Å². The number of fused-ring (bicyclic) bond motifs is 2. The number of aromatic nitrogens is 2. The summed E-state index contributed by atoms with van der Waals surface area (Å²) in [7, 11) is 1.62. The molecule has 7 nitrogen and oxygen atoms in total. The SMILES string of the molecule is COc1cc(C=O)cc2sc(N3CC4CC(OCc5c(-c6c(C)cccc6Cl)noc5C5CC5)CC4C3)nc12. The van der Waals surface area contributed by atoms with Crippen molar-refractivity contribution >= 4 is 44.6 Å². The van der Waals surface area contributed by atoms with E-state index in [9.17, 15) is 4.79 Å². The zero-order valence-corrected chi connectivity index (χ0v) is 23.6. The van der Waals surface area contributed by atoms with Gasteiger partial charge in [0.05, 0.1) is 29.5 Å². The minimum atomic E-state index is 0.218. The fraction of sp³-hybridized carbons (Fsp3) is 0.433. The molecule has 39 heavy (non-hydrogen) atoms. The minimum absolute atomic E-state index is 0.218. The van der Waals surface area contributed by atoms with Crippen LogP contribution in [0.15, 0.2) is 34.9 Å². The summed E-state index contributed by atoms with van der Waals surface area (Å²) in [5.41, 5.74) is 5.35. The van der Waals surface area contributed by atoms with Crippen molar-refractivity contribution in [3.8, 4) is 17.0 Å². The molecule has 2 aliphatic carbocycles. The van der Waals surface area contributed by atoms with Crippen LogP contribution in [0.3, 0.4) is 0 Å². The molecule has 3 heterocycles. The van der Waals surface area contributed by atoms with Crippen LogP contribution in [-0.2, 0) is 11.3 Å². The highest BCUT2D eigenvalue weighted by atomic mass is 35.5. The molecule has 1 aliphatic heterocycles. The smallest absolute Gasteiger partial charge is 0.186 e. The third-order valence-corrected chi connectivity index (χ3v) is 9.87. The number of benzene rings is 2. The van der Waals surface area contributed by atoms with Gasteiger partial charge in [0, 0.05) is 35.7 Å². The predicted molar refractivity (Wildman–Crippen MR) is 152 cm³/mol. The number of halogens is 1. The second-order valence-corrected chi connectivity index (χ2v) is 12.5. The van der Waals surface area contributed by atoms with Crippen molar-refractivity contribution in [2.75, 3.05) is 25.1 Å². The van der Waals surface area contributed by atoms with Gasteiger partial charge < -0.3 is 18.9 Å². The molecule has 2 aromatic heterocycles. The fourth-order valence-corrected chi connectivity index (χ4v) is 7.72. The maximum absolute atomic E-state index is 11.3. The Morgan fingerprint density at radius 3 is 2.69 bits per heavy atom. The van der Waals surface area contributed by atoms with Gasteiger partial charge in [-0.3, -0.25) is 4.79 Å². The molecule has 0 radical (unpaired) electrons. The molecule has 2 saturated carbocycles. The molecule has 0 spiro atoms. The van der Waals surface area contributed by atoms with E-state index in [4.69, 9.17) is 30.6 Å². The molecule has 2 atom stereocenters. The van der Waals surface area contributed by atoms with E-state index in [0.717, 1.165) is 88.6 Å². The van der Waals surface area contributed by atoms with Crippen molar-refractivity contribution in [3.63, 3.8) is 0 Å². The van der Waals surface area contributed by atoms with E-state index in [1.54, 1.807) is 24.5 Å². The molecular formula is C30H30ClN3O4S. The molecule has 2 unspecified atom stereocenters. The van der Waals surface area contributed by atoms with Crippen molar-refractivity contribution in [2.24, 2.45) is 11.8 Å². The van der Waals surface area contributed by atoms with E-state index >= 15 is 0 Å². The maximum atomic E-state index is 11.3. The molecule has 4 aromatic rings. The number of hydrogen-bond acceptors (Lipinski definition) is 8. The van der Waals surface area contributed by atoms with Gasteiger partial charge in [0.2, 0.25) is 0 Å². The maximum Gasteiger partial charge on any atom is 0.186 e. The average Bonchev–Trinajstić information content (AvgIpc) is 3.23. The van der Waals surface area contributed by atoms with E-state index in [0.29, 0.717) is 40.7 Å². The number of ether oxygens (including phenoxy) is 2. The highest BCUT2D eigenvalue weighted by Crippen LogP contribution is 2.47. The number of anilines is 1. The summed E-state index contributed by atoms with van der Waals surface area (Å²) in [5.74, 6) is 3.21. The molecule has 1 saturated heterocycles. The third-order valence-electron chi connectivity index (χ3n) is 8.49. The number of rotatable bonds is 8. The lowest BCUT2D eigenvalue weighted by atomic mass is 10.0. The molecule has 9 heteroatoms. The Hall–Kier alpha value is -2.94. The van der Waals surface area contributed by atoms with Crippen molar-refractivity contribution in [3.05, 3.63) is 57.8 Å². The Morgan fingerprint density at radius 1 is 1.21 bits per heavy atom. The fourth-order valence-electron chi connectivity index (χ4n) is 6.36. The molecule has 202 valence electrons. The second-order valence-electron chi connectivity index (χ2n) is 11.1. The van der Waals surface area contributed by atoms with Gasteiger partial charge in [0.25, 0.3) is 0 Å². The number of thiazole rings is 1. The van der Waals surface area contributed by atoms with Gasteiger partial charge in [-0.05, 0) is 68.2 Å². The second kappa shape index (κ2) is 9.91. The number of nitrogens with zero attached hydrogens (tertiary/aromatic N) is 3. The quantitative estimate of drug-likeness (QED) is 0.213. The van der Waals surface area contributed by atoms with Crippen molar-refractivity contribution in [1.29, 1.82) is 0 Å². The Bertz CT molecular complexity index is 1530. The lowest BCUT2D eigenvalue weighted by Crippen LogP contribution is -2.23. The minimum Gasteiger partial charge on any atom is -0.494 e. The summed E-state index contributed by atoms with van der Waals surface area (Å²) < 4.78 is 18.9. The summed E-state index contributed by atoms with van der Waals surface area (Å²) in [4.78, 5) is 18.6. The lowest BCUT2D eigenvalue weighted by Gasteiger charge is -2.19. The van der Waals surface area contributed by atoms with Gasteiger partial charge in [-0.2, -0.15) is 0 Å². The summed E-state index contributed by atoms with van der Waals surface area (Å²) in [6, 6.07) is 9.58. The number of hydrogen-bond donors (Lipinski definition) is 0.